The van der Waals surface area contributed by atoms with E-state index in [0.29, 0.717) is 5.04 Å². The molecular formula is C20H31KSi. The summed E-state index contributed by atoms with van der Waals surface area (Å²) in [6, 6.07) is 0. The van der Waals surface area contributed by atoms with Gasteiger partial charge in [-0.1, -0.05) is 78.2 Å². The van der Waals surface area contributed by atoms with Crippen molar-refractivity contribution in [1.29, 1.82) is 0 Å². The summed E-state index contributed by atoms with van der Waals surface area (Å²) in [6.45, 7) is 11.6. The molecule has 0 aromatic heterocycles. The molecule has 116 valence electrons. The zero-order valence-corrected chi connectivity index (χ0v) is 20.1. The first-order chi connectivity index (χ1) is 10.0. The van der Waals surface area contributed by atoms with Crippen LogP contribution in [-0.2, 0) is 0 Å². The molecule has 0 saturated heterocycles. The molecule has 1 aliphatic carbocycles. The third kappa shape index (κ3) is 4.61. The number of allylic oxidation sites excluding steroid dienone is 4. The summed E-state index contributed by atoms with van der Waals surface area (Å²) in [7, 11) is -0.288. The minimum absolute atomic E-state index is 0. The SMILES string of the molecule is CCCCCC1([SiH2][c-]2c(C)c(C)c(C)c2C)C=CC=CC1.[K+]. The topological polar surface area (TPSA) is 0 Å². The Kier molecular flexibility index (Phi) is 8.71. The van der Waals surface area contributed by atoms with Gasteiger partial charge in [0, 0.05) is 9.52 Å². The summed E-state index contributed by atoms with van der Waals surface area (Å²) in [5, 5.41) is 2.24. The van der Waals surface area contributed by atoms with Gasteiger partial charge in [-0.2, -0.15) is 27.4 Å². The van der Waals surface area contributed by atoms with Crippen LogP contribution in [0.2, 0.25) is 5.04 Å². The van der Waals surface area contributed by atoms with Crippen LogP contribution in [0.1, 0.15) is 61.3 Å². The van der Waals surface area contributed by atoms with E-state index in [1.54, 1.807) is 16.3 Å². The molecule has 0 radical (unpaired) electrons. The van der Waals surface area contributed by atoms with Crippen LogP contribution in [0.25, 0.3) is 0 Å². The van der Waals surface area contributed by atoms with Gasteiger partial charge in [-0.05, 0) is 17.9 Å². The molecule has 0 heterocycles. The average Bonchev–Trinajstić information content (AvgIpc) is 2.66. The molecule has 1 aromatic rings. The molecule has 1 aromatic carbocycles. The number of hydrogen-bond acceptors (Lipinski definition) is 0. The molecule has 0 nitrogen and oxygen atoms in total. The van der Waals surface area contributed by atoms with Gasteiger partial charge in [0.2, 0.25) is 0 Å². The molecule has 2 rings (SSSR count). The van der Waals surface area contributed by atoms with Crippen LogP contribution in [0.4, 0.5) is 0 Å². The quantitative estimate of drug-likeness (QED) is 0.421. The van der Waals surface area contributed by atoms with Gasteiger partial charge in [0.05, 0.1) is 0 Å². The van der Waals surface area contributed by atoms with E-state index >= 15 is 0 Å². The second kappa shape index (κ2) is 9.24. The maximum absolute atomic E-state index is 2.55. The number of rotatable bonds is 6. The maximum atomic E-state index is 2.55. The fourth-order valence-corrected chi connectivity index (χ4v) is 6.51. The van der Waals surface area contributed by atoms with E-state index in [4.69, 9.17) is 0 Å². The Morgan fingerprint density at radius 3 is 2.18 bits per heavy atom. The van der Waals surface area contributed by atoms with E-state index in [9.17, 15) is 0 Å². The summed E-state index contributed by atoms with van der Waals surface area (Å²) in [5.41, 5.74) is 6.26. The van der Waals surface area contributed by atoms with Gasteiger partial charge < -0.3 is 0 Å². The Labute approximate surface area is 182 Å². The van der Waals surface area contributed by atoms with Gasteiger partial charge in [-0.3, -0.25) is 0 Å². The summed E-state index contributed by atoms with van der Waals surface area (Å²) in [4.78, 5) is 0. The molecule has 0 aliphatic heterocycles. The first kappa shape index (κ1) is 20.7. The zero-order chi connectivity index (χ0) is 15.5. The second-order valence-electron chi connectivity index (χ2n) is 6.97. The standard InChI is InChI=1S/C20H31Si.K/c1-6-7-9-12-20(13-10-8-11-14-20)21-19-17(4)15(2)16(3)18(19)5;/h8,10-11,13H,6-7,9,12,14,21H2,1-5H3;/q-1;+1. The Morgan fingerprint density at radius 1 is 1.05 bits per heavy atom. The van der Waals surface area contributed by atoms with Gasteiger partial charge in [0.25, 0.3) is 0 Å². The molecular weight excluding hydrogens is 307 g/mol. The molecule has 2 heteroatoms. The monoisotopic (exact) mass is 338 g/mol. The van der Waals surface area contributed by atoms with Crippen LogP contribution in [0.15, 0.2) is 24.3 Å². The Morgan fingerprint density at radius 2 is 1.68 bits per heavy atom. The van der Waals surface area contributed by atoms with Crippen LogP contribution < -0.4 is 56.6 Å². The van der Waals surface area contributed by atoms with Crippen molar-refractivity contribution in [3.05, 3.63) is 46.6 Å². The van der Waals surface area contributed by atoms with E-state index < -0.39 is 0 Å². The van der Waals surface area contributed by atoms with Gasteiger partial charge in [-0.15, -0.1) is 0 Å². The molecule has 0 N–H and O–H groups in total. The van der Waals surface area contributed by atoms with Crippen LogP contribution in [0.5, 0.6) is 0 Å². The van der Waals surface area contributed by atoms with Crippen molar-refractivity contribution in [3.63, 3.8) is 0 Å². The van der Waals surface area contributed by atoms with Crippen molar-refractivity contribution in [2.45, 2.75) is 71.8 Å². The van der Waals surface area contributed by atoms with E-state index in [0.717, 1.165) is 0 Å². The van der Waals surface area contributed by atoms with Gasteiger partial charge in [0.1, 0.15) is 0 Å². The molecule has 0 bridgehead atoms. The first-order valence-corrected chi connectivity index (χ1v) is 9.98. The molecule has 1 atom stereocenters. The normalized spacial score (nSPS) is 20.8. The van der Waals surface area contributed by atoms with Gasteiger partial charge in [-0.25, -0.2) is 0 Å². The molecule has 0 saturated carbocycles. The average molecular weight is 339 g/mol. The molecule has 1 unspecified atom stereocenters. The third-order valence-corrected chi connectivity index (χ3v) is 8.62. The predicted molar refractivity (Wildman–Crippen MR) is 98.9 cm³/mol. The molecule has 0 spiro atoms. The Balaban J connectivity index is 0.00000242. The van der Waals surface area contributed by atoms with E-state index in [1.807, 2.05) is 0 Å². The maximum Gasteiger partial charge on any atom is 1.00 e. The molecule has 0 fully saturated rings. The summed E-state index contributed by atoms with van der Waals surface area (Å²) in [6.07, 6.45) is 16.2. The van der Waals surface area contributed by atoms with Crippen LogP contribution in [0, 0.1) is 27.7 Å². The van der Waals surface area contributed by atoms with Crippen molar-refractivity contribution >= 4 is 14.7 Å². The third-order valence-electron chi connectivity index (χ3n) is 5.62. The zero-order valence-electron chi connectivity index (χ0n) is 15.6. The van der Waals surface area contributed by atoms with Crippen LogP contribution in [0.3, 0.4) is 0 Å². The van der Waals surface area contributed by atoms with Crippen molar-refractivity contribution in [2.75, 3.05) is 0 Å². The minimum Gasteiger partial charge on any atom is -0.196 e. The van der Waals surface area contributed by atoms with E-state index in [1.165, 1.54) is 43.2 Å². The fraction of sp³-hybridized carbons (Fsp3) is 0.550. The predicted octanol–water partition coefficient (Wildman–Crippen LogP) is 1.69. The minimum atomic E-state index is -0.288. The van der Waals surface area contributed by atoms with Crippen LogP contribution in [-0.4, -0.2) is 9.52 Å². The smallest absolute Gasteiger partial charge is 0.196 e. The van der Waals surface area contributed by atoms with Gasteiger partial charge >= 0.3 is 51.4 Å². The van der Waals surface area contributed by atoms with Crippen molar-refractivity contribution in [2.24, 2.45) is 0 Å². The molecule has 1 aliphatic rings. The Bertz CT molecular complexity index is 525. The Hall–Kier alpha value is 0.683. The second-order valence-corrected chi connectivity index (χ2v) is 9.44. The summed E-state index contributed by atoms with van der Waals surface area (Å²) < 4.78 is 0. The van der Waals surface area contributed by atoms with E-state index in [2.05, 4.69) is 58.9 Å². The summed E-state index contributed by atoms with van der Waals surface area (Å²) in [5.74, 6) is 0. The molecule has 0 amide bonds. The number of hydrogen-bond donors (Lipinski definition) is 0. The molecule has 22 heavy (non-hydrogen) atoms. The van der Waals surface area contributed by atoms with E-state index in [-0.39, 0.29) is 60.9 Å². The largest absolute Gasteiger partial charge is 1.00 e. The fourth-order valence-electron chi connectivity index (χ4n) is 3.75. The van der Waals surface area contributed by atoms with Crippen molar-refractivity contribution < 1.29 is 51.4 Å². The van der Waals surface area contributed by atoms with Crippen LogP contribution >= 0.6 is 0 Å². The van der Waals surface area contributed by atoms with Gasteiger partial charge in [0.15, 0.2) is 0 Å². The first-order valence-electron chi connectivity index (χ1n) is 8.57. The number of unbranched alkanes of at least 4 members (excludes halogenated alkanes) is 2. The van der Waals surface area contributed by atoms with Crippen molar-refractivity contribution in [3.8, 4) is 0 Å². The van der Waals surface area contributed by atoms with Crippen molar-refractivity contribution in [1.82, 2.24) is 0 Å². The summed E-state index contributed by atoms with van der Waals surface area (Å²) >= 11 is 0.